The van der Waals surface area contributed by atoms with Gasteiger partial charge in [-0.15, -0.1) is 0 Å². The molecule has 106 valence electrons. The third-order valence-corrected chi connectivity index (χ3v) is 4.01. The highest BCUT2D eigenvalue weighted by Crippen LogP contribution is 2.15. The van der Waals surface area contributed by atoms with Crippen LogP contribution in [0.4, 0.5) is 10.1 Å². The Bertz CT molecular complexity index is 394. The van der Waals surface area contributed by atoms with Gasteiger partial charge in [-0.1, -0.05) is 6.92 Å². The van der Waals surface area contributed by atoms with Crippen molar-refractivity contribution >= 4 is 5.69 Å². The molecule has 0 amide bonds. The summed E-state index contributed by atoms with van der Waals surface area (Å²) in [5, 5.41) is 0. The highest BCUT2D eigenvalue weighted by Gasteiger charge is 2.20. The van der Waals surface area contributed by atoms with Crippen molar-refractivity contribution in [2.75, 3.05) is 31.9 Å². The summed E-state index contributed by atoms with van der Waals surface area (Å²) in [5.74, 6) is -0.242. The number of nitrogen functional groups attached to an aromatic ring is 1. The van der Waals surface area contributed by atoms with Gasteiger partial charge in [-0.3, -0.25) is 9.80 Å². The van der Waals surface area contributed by atoms with Gasteiger partial charge in [0.1, 0.15) is 5.82 Å². The summed E-state index contributed by atoms with van der Waals surface area (Å²) in [4.78, 5) is 4.89. The molecule has 2 rings (SSSR count). The molecule has 1 aliphatic rings. The summed E-state index contributed by atoms with van der Waals surface area (Å²) in [7, 11) is 0. The molecule has 1 atom stereocenters. The van der Waals surface area contributed by atoms with Crippen LogP contribution < -0.4 is 5.73 Å². The topological polar surface area (TPSA) is 32.5 Å². The number of nitrogens with zero attached hydrogens (tertiary/aromatic N) is 2. The average molecular weight is 265 g/mol. The summed E-state index contributed by atoms with van der Waals surface area (Å²) < 4.78 is 13.3. The van der Waals surface area contributed by atoms with Crippen LogP contribution in [0.2, 0.25) is 0 Å². The van der Waals surface area contributed by atoms with Crippen LogP contribution in [0.25, 0.3) is 0 Å². The number of halogens is 1. The molecule has 1 unspecified atom stereocenters. The Balaban J connectivity index is 1.88. The van der Waals surface area contributed by atoms with E-state index in [0.29, 0.717) is 11.7 Å². The van der Waals surface area contributed by atoms with E-state index >= 15 is 0 Å². The van der Waals surface area contributed by atoms with E-state index in [4.69, 9.17) is 5.73 Å². The number of nitrogens with two attached hydrogens (primary N) is 1. The second-order valence-corrected chi connectivity index (χ2v) is 5.46. The molecule has 1 aromatic rings. The van der Waals surface area contributed by atoms with E-state index in [1.54, 1.807) is 6.07 Å². The maximum atomic E-state index is 13.3. The normalized spacial score (nSPS) is 19.5. The predicted molar refractivity (Wildman–Crippen MR) is 77.4 cm³/mol. The maximum absolute atomic E-state index is 13.3. The number of benzene rings is 1. The third-order valence-electron chi connectivity index (χ3n) is 4.01. The molecule has 1 saturated heterocycles. The van der Waals surface area contributed by atoms with Crippen molar-refractivity contribution in [1.29, 1.82) is 0 Å². The number of rotatable bonds is 4. The van der Waals surface area contributed by atoms with Crippen LogP contribution in [0.3, 0.4) is 0 Å². The van der Waals surface area contributed by atoms with Crippen LogP contribution in [-0.2, 0) is 6.54 Å². The van der Waals surface area contributed by atoms with E-state index < -0.39 is 0 Å². The third kappa shape index (κ3) is 3.91. The quantitative estimate of drug-likeness (QED) is 0.848. The fraction of sp³-hybridized carbons (Fsp3) is 0.600. The van der Waals surface area contributed by atoms with Crippen molar-refractivity contribution in [1.82, 2.24) is 9.80 Å². The monoisotopic (exact) mass is 265 g/mol. The first-order chi connectivity index (χ1) is 9.08. The Morgan fingerprint density at radius 2 is 1.89 bits per heavy atom. The molecule has 1 heterocycles. The predicted octanol–water partition coefficient (Wildman–Crippen LogP) is 2.32. The molecular formula is C15H24FN3. The van der Waals surface area contributed by atoms with Gasteiger partial charge in [0.15, 0.2) is 0 Å². The molecule has 3 nitrogen and oxygen atoms in total. The lowest BCUT2D eigenvalue weighted by Crippen LogP contribution is -2.48. The van der Waals surface area contributed by atoms with Gasteiger partial charge >= 0.3 is 0 Å². The second kappa shape index (κ2) is 6.35. The molecule has 0 saturated carbocycles. The standard InChI is InChI=1S/C15H24FN3/c1-3-12(2)19-6-4-18(5-7-19)11-13-8-14(16)10-15(17)9-13/h8-10,12H,3-7,11,17H2,1-2H3. The van der Waals surface area contributed by atoms with E-state index in [9.17, 15) is 4.39 Å². The maximum Gasteiger partial charge on any atom is 0.125 e. The largest absolute Gasteiger partial charge is 0.399 e. The van der Waals surface area contributed by atoms with Crippen LogP contribution in [0.5, 0.6) is 0 Å². The molecule has 1 aromatic carbocycles. The van der Waals surface area contributed by atoms with Crippen molar-refractivity contribution in [3.63, 3.8) is 0 Å². The summed E-state index contributed by atoms with van der Waals surface area (Å²) in [6.45, 7) is 9.58. The molecular weight excluding hydrogens is 241 g/mol. The van der Waals surface area contributed by atoms with Gasteiger partial charge in [-0.25, -0.2) is 4.39 Å². The lowest BCUT2D eigenvalue weighted by molar-refractivity contribution is 0.0963. The van der Waals surface area contributed by atoms with Crippen LogP contribution in [0.15, 0.2) is 18.2 Å². The number of hydrogen-bond donors (Lipinski definition) is 1. The van der Waals surface area contributed by atoms with Crippen molar-refractivity contribution in [3.8, 4) is 0 Å². The molecule has 0 bridgehead atoms. The molecule has 2 N–H and O–H groups in total. The van der Waals surface area contributed by atoms with E-state index in [2.05, 4.69) is 23.6 Å². The molecule has 1 aliphatic heterocycles. The molecule has 1 fully saturated rings. The molecule has 0 aliphatic carbocycles. The average Bonchev–Trinajstić information content (AvgIpc) is 2.37. The summed E-state index contributed by atoms with van der Waals surface area (Å²) in [6, 6.07) is 5.47. The first-order valence-electron chi connectivity index (χ1n) is 7.10. The minimum atomic E-state index is -0.242. The highest BCUT2D eigenvalue weighted by atomic mass is 19.1. The van der Waals surface area contributed by atoms with Gasteiger partial charge < -0.3 is 5.73 Å². The molecule has 0 radical (unpaired) electrons. The zero-order chi connectivity index (χ0) is 13.8. The highest BCUT2D eigenvalue weighted by molar-refractivity contribution is 5.41. The van der Waals surface area contributed by atoms with Gasteiger partial charge in [-0.05, 0) is 37.1 Å². The summed E-state index contributed by atoms with van der Waals surface area (Å²) in [5.41, 5.74) is 7.15. The summed E-state index contributed by atoms with van der Waals surface area (Å²) in [6.07, 6.45) is 1.19. The van der Waals surface area contributed by atoms with Gasteiger partial charge in [0.2, 0.25) is 0 Å². The molecule has 0 aromatic heterocycles. The minimum absolute atomic E-state index is 0.242. The van der Waals surface area contributed by atoms with Crippen molar-refractivity contribution in [3.05, 3.63) is 29.6 Å². The summed E-state index contributed by atoms with van der Waals surface area (Å²) >= 11 is 0. The zero-order valence-corrected chi connectivity index (χ0v) is 11.9. The van der Waals surface area contributed by atoms with Crippen molar-refractivity contribution in [2.45, 2.75) is 32.9 Å². The van der Waals surface area contributed by atoms with Crippen molar-refractivity contribution < 1.29 is 4.39 Å². The van der Waals surface area contributed by atoms with Crippen LogP contribution in [0.1, 0.15) is 25.8 Å². The van der Waals surface area contributed by atoms with Gasteiger partial charge in [0.25, 0.3) is 0 Å². The van der Waals surface area contributed by atoms with Gasteiger partial charge in [0, 0.05) is 44.5 Å². The smallest absolute Gasteiger partial charge is 0.125 e. The fourth-order valence-electron chi connectivity index (χ4n) is 2.65. The Hall–Kier alpha value is -1.13. The Labute approximate surface area is 115 Å². The van der Waals surface area contributed by atoms with Gasteiger partial charge in [0.05, 0.1) is 0 Å². The lowest BCUT2D eigenvalue weighted by Gasteiger charge is -2.37. The molecule has 0 spiro atoms. The van der Waals surface area contributed by atoms with Gasteiger partial charge in [-0.2, -0.15) is 0 Å². The first kappa shape index (κ1) is 14.3. The van der Waals surface area contributed by atoms with Crippen LogP contribution in [-0.4, -0.2) is 42.0 Å². The number of piperazine rings is 1. The van der Waals surface area contributed by atoms with Crippen LogP contribution >= 0.6 is 0 Å². The van der Waals surface area contributed by atoms with Crippen molar-refractivity contribution in [2.24, 2.45) is 0 Å². The number of anilines is 1. The van der Waals surface area contributed by atoms with E-state index in [-0.39, 0.29) is 5.82 Å². The molecule has 4 heteroatoms. The zero-order valence-electron chi connectivity index (χ0n) is 11.9. The SMILES string of the molecule is CCC(C)N1CCN(Cc2cc(N)cc(F)c2)CC1. The fourth-order valence-corrected chi connectivity index (χ4v) is 2.65. The molecule has 19 heavy (non-hydrogen) atoms. The lowest BCUT2D eigenvalue weighted by atomic mass is 10.1. The van der Waals surface area contributed by atoms with Crippen LogP contribution in [0, 0.1) is 5.82 Å². The number of hydrogen-bond acceptors (Lipinski definition) is 3. The van der Waals surface area contributed by atoms with E-state index in [1.165, 1.54) is 12.5 Å². The second-order valence-electron chi connectivity index (χ2n) is 5.46. The van der Waals surface area contributed by atoms with E-state index in [1.807, 2.05) is 6.07 Å². The van der Waals surface area contributed by atoms with E-state index in [0.717, 1.165) is 38.3 Å². The Morgan fingerprint density at radius 1 is 1.21 bits per heavy atom. The first-order valence-corrected chi connectivity index (χ1v) is 7.10. The Morgan fingerprint density at radius 3 is 2.47 bits per heavy atom. The minimum Gasteiger partial charge on any atom is -0.399 e. The Kier molecular flexibility index (Phi) is 4.77.